The maximum Gasteiger partial charge on any atom is 0.323 e. The third kappa shape index (κ3) is 3.70. The fourth-order valence-corrected chi connectivity index (χ4v) is 1.94. The van der Waals surface area contributed by atoms with Crippen LogP contribution in [0.25, 0.3) is 0 Å². The van der Waals surface area contributed by atoms with Crippen molar-refractivity contribution >= 4 is 11.9 Å². The van der Waals surface area contributed by atoms with Gasteiger partial charge in [-0.25, -0.2) is 0 Å². The van der Waals surface area contributed by atoms with E-state index in [2.05, 4.69) is 13.8 Å². The molecule has 17 heavy (non-hydrogen) atoms. The zero-order valence-electron chi connectivity index (χ0n) is 10.6. The van der Waals surface area contributed by atoms with Crippen molar-refractivity contribution in [1.82, 2.24) is 4.90 Å². The molecule has 1 saturated heterocycles. The molecular weight excluding hydrogens is 220 g/mol. The van der Waals surface area contributed by atoms with Crippen LogP contribution in [0.3, 0.4) is 0 Å². The minimum absolute atomic E-state index is 0.117. The SMILES string of the molecule is CC(C)CCC(=O)N1CCC(N)(C(=O)O)CC1. The zero-order valence-corrected chi connectivity index (χ0v) is 10.6. The van der Waals surface area contributed by atoms with Gasteiger partial charge in [-0.3, -0.25) is 9.59 Å². The Hall–Kier alpha value is -1.10. The van der Waals surface area contributed by atoms with Crippen molar-refractivity contribution < 1.29 is 14.7 Å². The van der Waals surface area contributed by atoms with Gasteiger partial charge in [0.2, 0.25) is 5.91 Å². The normalized spacial score (nSPS) is 19.4. The van der Waals surface area contributed by atoms with Gasteiger partial charge in [0, 0.05) is 19.5 Å². The highest BCUT2D eigenvalue weighted by atomic mass is 16.4. The summed E-state index contributed by atoms with van der Waals surface area (Å²) in [6.45, 7) is 5.08. The number of hydrogen-bond acceptors (Lipinski definition) is 3. The zero-order chi connectivity index (χ0) is 13.1. The van der Waals surface area contributed by atoms with Crippen LogP contribution in [0.1, 0.15) is 39.5 Å². The largest absolute Gasteiger partial charge is 0.480 e. The number of carbonyl (C=O) groups excluding carboxylic acids is 1. The molecule has 0 radical (unpaired) electrons. The van der Waals surface area contributed by atoms with Gasteiger partial charge >= 0.3 is 5.97 Å². The van der Waals surface area contributed by atoms with Gasteiger partial charge in [-0.05, 0) is 25.2 Å². The van der Waals surface area contributed by atoms with E-state index in [1.807, 2.05) is 0 Å². The molecule has 1 aliphatic heterocycles. The summed E-state index contributed by atoms with van der Waals surface area (Å²) >= 11 is 0. The highest BCUT2D eigenvalue weighted by Gasteiger charge is 2.38. The number of aliphatic carboxylic acids is 1. The average Bonchev–Trinajstić information content (AvgIpc) is 2.26. The van der Waals surface area contributed by atoms with Gasteiger partial charge < -0.3 is 15.7 Å². The fourth-order valence-electron chi connectivity index (χ4n) is 1.94. The third-order valence-corrected chi connectivity index (χ3v) is 3.37. The van der Waals surface area contributed by atoms with Crippen molar-refractivity contribution in [1.29, 1.82) is 0 Å². The molecule has 0 saturated carbocycles. The number of likely N-dealkylation sites (tertiary alicyclic amines) is 1. The molecule has 0 aromatic rings. The highest BCUT2D eigenvalue weighted by molar-refractivity contribution is 5.80. The monoisotopic (exact) mass is 242 g/mol. The first-order valence-corrected chi connectivity index (χ1v) is 6.15. The van der Waals surface area contributed by atoms with Crippen molar-refractivity contribution in [3.05, 3.63) is 0 Å². The van der Waals surface area contributed by atoms with Crippen LogP contribution in [0.4, 0.5) is 0 Å². The van der Waals surface area contributed by atoms with Crippen molar-refractivity contribution in [3.8, 4) is 0 Å². The lowest BCUT2D eigenvalue weighted by atomic mass is 9.88. The minimum atomic E-state index is -1.14. The molecular formula is C12H22N2O3. The molecule has 1 aliphatic rings. The Morgan fingerprint density at radius 1 is 1.35 bits per heavy atom. The molecule has 0 atom stereocenters. The summed E-state index contributed by atoms with van der Waals surface area (Å²) in [5.74, 6) is -0.339. The summed E-state index contributed by atoms with van der Waals surface area (Å²) in [5, 5.41) is 8.97. The maximum absolute atomic E-state index is 11.8. The van der Waals surface area contributed by atoms with Crippen LogP contribution in [-0.4, -0.2) is 40.5 Å². The Morgan fingerprint density at radius 3 is 2.29 bits per heavy atom. The Bertz CT molecular complexity index is 294. The number of piperidine rings is 1. The molecule has 0 aliphatic carbocycles. The van der Waals surface area contributed by atoms with Gasteiger partial charge in [-0.1, -0.05) is 13.8 Å². The number of carboxylic acid groups (broad SMARTS) is 1. The minimum Gasteiger partial charge on any atom is -0.480 e. The molecule has 1 rings (SSSR count). The van der Waals surface area contributed by atoms with Crippen LogP contribution in [0.5, 0.6) is 0 Å². The molecule has 1 fully saturated rings. The number of nitrogens with zero attached hydrogens (tertiary/aromatic N) is 1. The number of carbonyl (C=O) groups is 2. The van der Waals surface area contributed by atoms with Crippen LogP contribution in [0, 0.1) is 5.92 Å². The highest BCUT2D eigenvalue weighted by Crippen LogP contribution is 2.21. The van der Waals surface area contributed by atoms with E-state index in [1.165, 1.54) is 0 Å². The molecule has 5 heteroatoms. The fraction of sp³-hybridized carbons (Fsp3) is 0.833. The standard InChI is InChI=1S/C12H22N2O3/c1-9(2)3-4-10(15)14-7-5-12(13,6-8-14)11(16)17/h9H,3-8,13H2,1-2H3,(H,16,17). The Balaban J connectivity index is 2.41. The third-order valence-electron chi connectivity index (χ3n) is 3.37. The molecule has 0 spiro atoms. The van der Waals surface area contributed by atoms with Gasteiger partial charge in [0.1, 0.15) is 5.54 Å². The summed E-state index contributed by atoms with van der Waals surface area (Å²) < 4.78 is 0. The molecule has 5 nitrogen and oxygen atoms in total. The Labute approximate surface area is 102 Å². The summed E-state index contributed by atoms with van der Waals surface area (Å²) in [4.78, 5) is 24.5. The van der Waals surface area contributed by atoms with Crippen LogP contribution in [0.15, 0.2) is 0 Å². The molecule has 0 bridgehead atoms. The number of amides is 1. The van der Waals surface area contributed by atoms with Crippen LogP contribution >= 0.6 is 0 Å². The topological polar surface area (TPSA) is 83.6 Å². The first-order valence-electron chi connectivity index (χ1n) is 6.15. The quantitative estimate of drug-likeness (QED) is 0.764. The number of hydrogen-bond donors (Lipinski definition) is 2. The van der Waals surface area contributed by atoms with Gasteiger partial charge in [-0.15, -0.1) is 0 Å². The second kappa shape index (κ2) is 5.49. The van der Waals surface area contributed by atoms with E-state index in [9.17, 15) is 9.59 Å². The van der Waals surface area contributed by atoms with E-state index in [1.54, 1.807) is 4.90 Å². The number of nitrogens with two attached hydrogens (primary N) is 1. The first-order chi connectivity index (χ1) is 7.85. The second-order valence-corrected chi connectivity index (χ2v) is 5.27. The predicted molar refractivity (Wildman–Crippen MR) is 64.4 cm³/mol. The summed E-state index contributed by atoms with van der Waals surface area (Å²) in [6, 6.07) is 0. The second-order valence-electron chi connectivity index (χ2n) is 5.27. The lowest BCUT2D eigenvalue weighted by molar-refractivity contribution is -0.147. The van der Waals surface area contributed by atoms with E-state index < -0.39 is 11.5 Å². The molecule has 3 N–H and O–H groups in total. The lowest BCUT2D eigenvalue weighted by Crippen LogP contribution is -2.56. The van der Waals surface area contributed by atoms with Crippen LogP contribution in [-0.2, 0) is 9.59 Å². The van der Waals surface area contributed by atoms with E-state index in [0.717, 1.165) is 6.42 Å². The smallest absolute Gasteiger partial charge is 0.323 e. The molecule has 0 aromatic heterocycles. The Kier molecular flexibility index (Phi) is 4.51. The van der Waals surface area contributed by atoms with Gasteiger partial charge in [0.05, 0.1) is 0 Å². The van der Waals surface area contributed by atoms with Crippen molar-refractivity contribution in [2.75, 3.05) is 13.1 Å². The molecule has 0 aromatic carbocycles. The molecule has 98 valence electrons. The summed E-state index contributed by atoms with van der Waals surface area (Å²) in [7, 11) is 0. The van der Waals surface area contributed by atoms with E-state index >= 15 is 0 Å². The number of carboxylic acids is 1. The average molecular weight is 242 g/mol. The van der Waals surface area contributed by atoms with Gasteiger partial charge in [0.15, 0.2) is 0 Å². The Morgan fingerprint density at radius 2 is 1.88 bits per heavy atom. The van der Waals surface area contributed by atoms with Gasteiger partial charge in [0.25, 0.3) is 0 Å². The first kappa shape index (κ1) is 14.0. The predicted octanol–water partition coefficient (Wildman–Crippen LogP) is 0.827. The van der Waals surface area contributed by atoms with Crippen molar-refractivity contribution in [2.24, 2.45) is 11.7 Å². The van der Waals surface area contributed by atoms with Gasteiger partial charge in [-0.2, -0.15) is 0 Å². The molecule has 1 amide bonds. The summed E-state index contributed by atoms with van der Waals surface area (Å²) in [5.41, 5.74) is 4.60. The molecule has 0 unspecified atom stereocenters. The van der Waals surface area contributed by atoms with Crippen LogP contribution in [0.2, 0.25) is 0 Å². The van der Waals surface area contributed by atoms with Crippen molar-refractivity contribution in [3.63, 3.8) is 0 Å². The summed E-state index contributed by atoms with van der Waals surface area (Å²) in [6.07, 6.45) is 2.11. The van der Waals surface area contributed by atoms with E-state index in [-0.39, 0.29) is 5.91 Å². The van der Waals surface area contributed by atoms with Crippen molar-refractivity contribution in [2.45, 2.75) is 45.1 Å². The maximum atomic E-state index is 11.8. The van der Waals surface area contributed by atoms with E-state index in [0.29, 0.717) is 38.3 Å². The number of rotatable bonds is 4. The van der Waals surface area contributed by atoms with E-state index in [4.69, 9.17) is 10.8 Å². The lowest BCUT2D eigenvalue weighted by Gasteiger charge is -2.36. The molecule has 1 heterocycles. The van der Waals surface area contributed by atoms with Crippen LogP contribution < -0.4 is 5.73 Å².